The zero-order valence-corrected chi connectivity index (χ0v) is 12.7. The molecule has 0 amide bonds. The van der Waals surface area contributed by atoms with E-state index in [0.29, 0.717) is 13.0 Å². The first-order valence-corrected chi connectivity index (χ1v) is 5.14. The van der Waals surface area contributed by atoms with Gasteiger partial charge in [0.25, 0.3) is 0 Å². The molecule has 0 saturated carbocycles. The van der Waals surface area contributed by atoms with Crippen LogP contribution >= 0.6 is 0 Å². The minimum Gasteiger partial charge on any atom is -0.545 e. The standard InChI is InChI=1S/C10H20O5.Na/c1-5-7(3)14-10(9(11)12)15-8(4)13-6-2;/h7-8,10H,5-6H2,1-4H3,(H,11,12);/q;+1/p-1. The third-order valence-electron chi connectivity index (χ3n) is 1.84. The molecule has 0 spiro atoms. The summed E-state index contributed by atoms with van der Waals surface area (Å²) in [6.45, 7) is 7.51. The molecule has 5 nitrogen and oxygen atoms in total. The van der Waals surface area contributed by atoms with Crippen molar-refractivity contribution in [1.29, 1.82) is 0 Å². The van der Waals surface area contributed by atoms with E-state index in [1.807, 2.05) is 6.92 Å². The molecule has 0 aliphatic carbocycles. The second-order valence-corrected chi connectivity index (χ2v) is 3.16. The maximum Gasteiger partial charge on any atom is 1.00 e. The van der Waals surface area contributed by atoms with Crippen LogP contribution in [0.4, 0.5) is 0 Å². The van der Waals surface area contributed by atoms with Crippen LogP contribution < -0.4 is 34.7 Å². The van der Waals surface area contributed by atoms with Gasteiger partial charge < -0.3 is 24.1 Å². The molecule has 3 unspecified atom stereocenters. The molecule has 0 radical (unpaired) electrons. The molecule has 0 N–H and O–H groups in total. The van der Waals surface area contributed by atoms with Gasteiger partial charge in [-0.1, -0.05) is 6.92 Å². The Balaban J connectivity index is 0. The summed E-state index contributed by atoms with van der Waals surface area (Å²) < 4.78 is 15.2. The van der Waals surface area contributed by atoms with Crippen LogP contribution in [0.15, 0.2) is 0 Å². The van der Waals surface area contributed by atoms with E-state index in [9.17, 15) is 9.90 Å². The first-order chi connectivity index (χ1) is 7.01. The molecular weight excluding hydrogens is 223 g/mol. The Labute approximate surface area is 119 Å². The number of aliphatic carboxylic acids is 1. The van der Waals surface area contributed by atoms with Gasteiger partial charge in [0.05, 0.1) is 12.1 Å². The third-order valence-corrected chi connectivity index (χ3v) is 1.84. The normalized spacial score (nSPS) is 16.0. The van der Waals surface area contributed by atoms with Crippen LogP contribution in [0.1, 0.15) is 34.1 Å². The molecule has 0 heterocycles. The van der Waals surface area contributed by atoms with Gasteiger partial charge in [-0.2, -0.15) is 0 Å². The molecule has 0 aromatic rings. The number of carboxylic acid groups (broad SMARTS) is 1. The van der Waals surface area contributed by atoms with Crippen molar-refractivity contribution in [2.24, 2.45) is 0 Å². The fraction of sp³-hybridized carbons (Fsp3) is 0.900. The van der Waals surface area contributed by atoms with Gasteiger partial charge in [-0.25, -0.2) is 0 Å². The van der Waals surface area contributed by atoms with Gasteiger partial charge in [0.1, 0.15) is 0 Å². The van der Waals surface area contributed by atoms with E-state index in [2.05, 4.69) is 0 Å². The number of rotatable bonds is 8. The van der Waals surface area contributed by atoms with Crippen LogP contribution in [-0.2, 0) is 19.0 Å². The molecule has 90 valence electrons. The smallest absolute Gasteiger partial charge is 0.545 e. The number of hydrogen-bond acceptors (Lipinski definition) is 5. The van der Waals surface area contributed by atoms with Crippen molar-refractivity contribution < 1.29 is 53.7 Å². The summed E-state index contributed by atoms with van der Waals surface area (Å²) in [5.41, 5.74) is 0. The van der Waals surface area contributed by atoms with Gasteiger partial charge in [0, 0.05) is 6.61 Å². The van der Waals surface area contributed by atoms with E-state index in [0.717, 1.165) is 0 Å². The molecule has 16 heavy (non-hydrogen) atoms. The van der Waals surface area contributed by atoms with Crippen LogP contribution in [0, 0.1) is 0 Å². The van der Waals surface area contributed by atoms with Crippen molar-refractivity contribution >= 4 is 5.97 Å². The summed E-state index contributed by atoms with van der Waals surface area (Å²) >= 11 is 0. The fourth-order valence-electron chi connectivity index (χ4n) is 0.898. The number of hydrogen-bond donors (Lipinski definition) is 0. The van der Waals surface area contributed by atoms with E-state index >= 15 is 0 Å². The summed E-state index contributed by atoms with van der Waals surface area (Å²) in [5, 5.41) is 10.7. The molecule has 0 fully saturated rings. The Morgan fingerprint density at radius 1 is 1.25 bits per heavy atom. The zero-order valence-electron chi connectivity index (χ0n) is 10.7. The first kappa shape index (κ1) is 18.7. The molecule has 0 saturated heterocycles. The van der Waals surface area contributed by atoms with Gasteiger partial charge in [-0.3, -0.25) is 0 Å². The van der Waals surface area contributed by atoms with Crippen LogP contribution in [0.5, 0.6) is 0 Å². The van der Waals surface area contributed by atoms with Crippen molar-refractivity contribution in [2.75, 3.05) is 6.61 Å². The maximum absolute atomic E-state index is 10.7. The Hall–Kier alpha value is 0.350. The number of carbonyl (C=O) groups is 1. The second kappa shape index (κ2) is 10.5. The SMILES string of the molecule is CCOC(C)OC(OC(C)CC)C(=O)[O-].[Na+]. The average Bonchev–Trinajstić information content (AvgIpc) is 2.16. The Kier molecular flexibility index (Phi) is 12.3. The van der Waals surface area contributed by atoms with E-state index in [4.69, 9.17) is 14.2 Å². The molecule has 0 aromatic carbocycles. The summed E-state index contributed by atoms with van der Waals surface area (Å²) in [4.78, 5) is 10.7. The monoisotopic (exact) mass is 242 g/mol. The fourth-order valence-corrected chi connectivity index (χ4v) is 0.898. The van der Waals surface area contributed by atoms with Crippen LogP contribution in [0.2, 0.25) is 0 Å². The van der Waals surface area contributed by atoms with Crippen LogP contribution in [-0.4, -0.2) is 31.3 Å². The van der Waals surface area contributed by atoms with Crippen LogP contribution in [0.3, 0.4) is 0 Å². The summed E-state index contributed by atoms with van der Waals surface area (Å²) in [7, 11) is 0. The minimum atomic E-state index is -1.39. The van der Waals surface area contributed by atoms with Crippen molar-refractivity contribution in [1.82, 2.24) is 0 Å². The van der Waals surface area contributed by atoms with Crippen molar-refractivity contribution in [2.45, 2.75) is 52.8 Å². The number of carboxylic acids is 1. The Morgan fingerprint density at radius 3 is 2.19 bits per heavy atom. The predicted molar refractivity (Wildman–Crippen MR) is 51.8 cm³/mol. The quantitative estimate of drug-likeness (QED) is 0.342. The minimum absolute atomic E-state index is 0. The molecular formula is C10H19NaO5. The third kappa shape index (κ3) is 8.50. The zero-order chi connectivity index (χ0) is 11.8. The first-order valence-electron chi connectivity index (χ1n) is 5.14. The molecule has 3 atom stereocenters. The molecule has 0 aromatic heterocycles. The Morgan fingerprint density at radius 2 is 1.81 bits per heavy atom. The Bertz CT molecular complexity index is 188. The summed E-state index contributed by atoms with van der Waals surface area (Å²) in [5.74, 6) is -1.39. The van der Waals surface area contributed by atoms with E-state index in [1.54, 1.807) is 20.8 Å². The maximum atomic E-state index is 10.7. The van der Waals surface area contributed by atoms with Gasteiger partial charge in [0.2, 0.25) is 6.29 Å². The van der Waals surface area contributed by atoms with Crippen molar-refractivity contribution in [3.63, 3.8) is 0 Å². The van der Waals surface area contributed by atoms with Gasteiger partial charge in [-0.05, 0) is 27.2 Å². The largest absolute Gasteiger partial charge is 1.00 e. The van der Waals surface area contributed by atoms with E-state index in [-0.39, 0.29) is 35.7 Å². The summed E-state index contributed by atoms with van der Waals surface area (Å²) in [6.07, 6.45) is -1.49. The molecule has 0 bridgehead atoms. The average molecular weight is 242 g/mol. The number of ether oxygens (including phenoxy) is 3. The molecule has 6 heteroatoms. The predicted octanol–water partition coefficient (Wildman–Crippen LogP) is -2.72. The van der Waals surface area contributed by atoms with Gasteiger partial charge >= 0.3 is 29.6 Å². The number of carbonyl (C=O) groups excluding carboxylic acids is 1. The van der Waals surface area contributed by atoms with Gasteiger partial charge in [-0.15, -0.1) is 0 Å². The van der Waals surface area contributed by atoms with E-state index in [1.165, 1.54) is 0 Å². The molecule has 0 aliphatic heterocycles. The second-order valence-electron chi connectivity index (χ2n) is 3.16. The van der Waals surface area contributed by atoms with Gasteiger partial charge in [0.15, 0.2) is 6.29 Å². The molecule has 0 aliphatic rings. The topological polar surface area (TPSA) is 67.8 Å². The van der Waals surface area contributed by atoms with E-state index < -0.39 is 18.5 Å². The molecule has 0 rings (SSSR count). The summed E-state index contributed by atoms with van der Waals surface area (Å²) in [6, 6.07) is 0. The van der Waals surface area contributed by atoms with Crippen molar-refractivity contribution in [3.05, 3.63) is 0 Å². The van der Waals surface area contributed by atoms with Crippen LogP contribution in [0.25, 0.3) is 0 Å². The van der Waals surface area contributed by atoms with Crippen molar-refractivity contribution in [3.8, 4) is 0 Å².